The predicted octanol–water partition coefficient (Wildman–Crippen LogP) is 4.39. The van der Waals surface area contributed by atoms with E-state index < -0.39 is 11.8 Å². The average Bonchev–Trinajstić information content (AvgIpc) is 2.75. The third-order valence-corrected chi connectivity index (χ3v) is 5.54. The molecule has 0 spiro atoms. The third-order valence-electron chi connectivity index (χ3n) is 4.41. The van der Waals surface area contributed by atoms with Crippen molar-refractivity contribution in [2.45, 2.75) is 6.61 Å². The van der Waals surface area contributed by atoms with E-state index in [1.165, 1.54) is 24.2 Å². The molecular formula is C22H18Cl2N2O4S. The van der Waals surface area contributed by atoms with Gasteiger partial charge >= 0.3 is 0 Å². The number of benzene rings is 2. The normalized spacial score (nSPS) is 15.1. The lowest BCUT2D eigenvalue weighted by Crippen LogP contribution is -2.53. The zero-order chi connectivity index (χ0) is 22.5. The number of carbonyl (C=O) groups is 2. The molecule has 0 bridgehead atoms. The average molecular weight is 477 g/mol. The summed E-state index contributed by atoms with van der Waals surface area (Å²) in [4.78, 5) is 26.3. The number of hydrogen-bond acceptors (Lipinski definition) is 5. The SMILES string of the molecule is C=CCN1C(=O)/C(=C/c2ccc(OC)c(COc3cccc(Cl)c3Cl)c2)C(=O)NC1=S. The van der Waals surface area contributed by atoms with Crippen molar-refractivity contribution >= 4 is 58.4 Å². The van der Waals surface area contributed by atoms with Crippen LogP contribution in [0, 0.1) is 0 Å². The molecule has 0 aromatic heterocycles. The summed E-state index contributed by atoms with van der Waals surface area (Å²) in [6.45, 7) is 3.93. The Bertz CT molecular complexity index is 1100. The van der Waals surface area contributed by atoms with Gasteiger partial charge in [-0.2, -0.15) is 0 Å². The molecule has 31 heavy (non-hydrogen) atoms. The van der Waals surface area contributed by atoms with E-state index in [1.54, 1.807) is 36.4 Å². The number of ether oxygens (including phenoxy) is 2. The van der Waals surface area contributed by atoms with Gasteiger partial charge in [0, 0.05) is 12.1 Å². The molecule has 0 atom stereocenters. The van der Waals surface area contributed by atoms with Gasteiger partial charge in [-0.3, -0.25) is 19.8 Å². The molecule has 160 valence electrons. The number of methoxy groups -OCH3 is 1. The molecular weight excluding hydrogens is 459 g/mol. The van der Waals surface area contributed by atoms with E-state index in [1.807, 2.05) is 0 Å². The van der Waals surface area contributed by atoms with E-state index in [-0.39, 0.29) is 23.8 Å². The van der Waals surface area contributed by atoms with Gasteiger partial charge in [0.05, 0.1) is 12.1 Å². The minimum atomic E-state index is -0.561. The van der Waals surface area contributed by atoms with Gasteiger partial charge in [-0.1, -0.05) is 41.4 Å². The fraction of sp³-hybridized carbons (Fsp3) is 0.136. The maximum absolute atomic E-state index is 12.7. The molecule has 0 saturated carbocycles. The molecule has 2 aromatic rings. The molecule has 6 nitrogen and oxygen atoms in total. The van der Waals surface area contributed by atoms with Crippen LogP contribution in [-0.2, 0) is 16.2 Å². The Balaban J connectivity index is 1.89. The lowest BCUT2D eigenvalue weighted by atomic mass is 10.0. The van der Waals surface area contributed by atoms with E-state index in [0.717, 1.165) is 0 Å². The van der Waals surface area contributed by atoms with Crippen molar-refractivity contribution in [3.8, 4) is 11.5 Å². The van der Waals surface area contributed by atoms with Gasteiger partial charge in [-0.05, 0) is 48.1 Å². The summed E-state index contributed by atoms with van der Waals surface area (Å²) >= 11 is 17.3. The fourth-order valence-corrected chi connectivity index (χ4v) is 3.50. The Morgan fingerprint density at radius 3 is 2.68 bits per heavy atom. The Hall–Kier alpha value is -2.87. The monoisotopic (exact) mass is 476 g/mol. The number of nitrogens with zero attached hydrogens (tertiary/aromatic N) is 1. The first-order chi connectivity index (χ1) is 14.8. The molecule has 1 N–H and O–H groups in total. The van der Waals surface area contributed by atoms with Gasteiger partial charge in [0.15, 0.2) is 5.11 Å². The lowest BCUT2D eigenvalue weighted by molar-refractivity contribution is -0.128. The van der Waals surface area contributed by atoms with Crippen LogP contribution in [0.15, 0.2) is 54.6 Å². The van der Waals surface area contributed by atoms with Crippen LogP contribution in [-0.4, -0.2) is 35.5 Å². The summed E-state index contributed by atoms with van der Waals surface area (Å²) < 4.78 is 11.2. The van der Waals surface area contributed by atoms with Crippen LogP contribution < -0.4 is 14.8 Å². The van der Waals surface area contributed by atoms with Gasteiger partial charge in [0.2, 0.25) is 0 Å². The maximum atomic E-state index is 12.7. The fourth-order valence-electron chi connectivity index (χ4n) is 2.91. The van der Waals surface area contributed by atoms with Crippen LogP contribution in [0.2, 0.25) is 10.0 Å². The summed E-state index contributed by atoms with van der Waals surface area (Å²) in [5.41, 5.74) is 1.27. The zero-order valence-corrected chi connectivity index (χ0v) is 18.8. The van der Waals surface area contributed by atoms with Crippen LogP contribution in [0.1, 0.15) is 11.1 Å². The molecule has 3 rings (SSSR count). The summed E-state index contributed by atoms with van der Waals surface area (Å²) in [5, 5.41) is 3.26. The number of halogens is 2. The van der Waals surface area contributed by atoms with Gasteiger partial charge in [-0.15, -0.1) is 6.58 Å². The topological polar surface area (TPSA) is 67.9 Å². The molecule has 9 heteroatoms. The maximum Gasteiger partial charge on any atom is 0.265 e. The summed E-state index contributed by atoms with van der Waals surface area (Å²) in [6, 6.07) is 10.3. The highest BCUT2D eigenvalue weighted by Crippen LogP contribution is 2.33. The molecule has 1 heterocycles. The Kier molecular flexibility index (Phi) is 7.33. The number of thiocarbonyl (C=S) groups is 1. The van der Waals surface area contributed by atoms with Crippen LogP contribution in [0.4, 0.5) is 0 Å². The predicted molar refractivity (Wildman–Crippen MR) is 124 cm³/mol. The first-order valence-electron chi connectivity index (χ1n) is 9.09. The first-order valence-corrected chi connectivity index (χ1v) is 10.3. The largest absolute Gasteiger partial charge is 0.496 e. The van der Waals surface area contributed by atoms with Gasteiger partial charge in [0.25, 0.3) is 11.8 Å². The van der Waals surface area contributed by atoms with E-state index in [9.17, 15) is 9.59 Å². The highest BCUT2D eigenvalue weighted by Gasteiger charge is 2.32. The van der Waals surface area contributed by atoms with Crippen molar-refractivity contribution in [2.24, 2.45) is 0 Å². The molecule has 2 aromatic carbocycles. The smallest absolute Gasteiger partial charge is 0.265 e. The van der Waals surface area contributed by atoms with E-state index in [0.29, 0.717) is 32.7 Å². The van der Waals surface area contributed by atoms with Crippen molar-refractivity contribution in [3.63, 3.8) is 0 Å². The standard InChI is InChI=1S/C22H18Cl2N2O4S/c1-3-9-26-21(28)15(20(27)25-22(26)31)11-13-7-8-17(29-2)14(10-13)12-30-18-6-4-5-16(23)19(18)24/h3-8,10-11H,1,9,12H2,2H3,(H,25,27,31)/b15-11+. The summed E-state index contributed by atoms with van der Waals surface area (Å²) in [6.07, 6.45) is 3.02. The van der Waals surface area contributed by atoms with Crippen molar-refractivity contribution < 1.29 is 19.1 Å². The summed E-state index contributed by atoms with van der Waals surface area (Å²) in [5.74, 6) is -0.0489. The lowest BCUT2D eigenvalue weighted by Gasteiger charge is -2.27. The Labute approximate surface area is 195 Å². The van der Waals surface area contributed by atoms with Crippen molar-refractivity contribution in [1.29, 1.82) is 0 Å². The molecule has 0 aliphatic carbocycles. The van der Waals surface area contributed by atoms with Crippen LogP contribution in [0.3, 0.4) is 0 Å². The highest BCUT2D eigenvalue weighted by molar-refractivity contribution is 7.80. The number of nitrogens with one attached hydrogen (secondary N) is 1. The Morgan fingerprint density at radius 2 is 1.97 bits per heavy atom. The number of amides is 2. The molecule has 2 amide bonds. The number of carbonyl (C=O) groups excluding carboxylic acids is 2. The minimum absolute atomic E-state index is 0.0367. The van der Waals surface area contributed by atoms with Crippen LogP contribution in [0.25, 0.3) is 6.08 Å². The van der Waals surface area contributed by atoms with Crippen LogP contribution >= 0.6 is 35.4 Å². The summed E-state index contributed by atoms with van der Waals surface area (Å²) in [7, 11) is 1.54. The van der Waals surface area contributed by atoms with Crippen molar-refractivity contribution in [1.82, 2.24) is 10.2 Å². The molecule has 1 saturated heterocycles. The molecule has 0 radical (unpaired) electrons. The van der Waals surface area contributed by atoms with Gasteiger partial charge < -0.3 is 9.47 Å². The van der Waals surface area contributed by atoms with E-state index in [4.69, 9.17) is 44.9 Å². The minimum Gasteiger partial charge on any atom is -0.496 e. The van der Waals surface area contributed by atoms with Crippen molar-refractivity contribution in [3.05, 3.63) is 75.8 Å². The second kappa shape index (κ2) is 9.96. The second-order valence-electron chi connectivity index (χ2n) is 6.43. The zero-order valence-electron chi connectivity index (χ0n) is 16.5. The van der Waals surface area contributed by atoms with Crippen LogP contribution in [0.5, 0.6) is 11.5 Å². The van der Waals surface area contributed by atoms with Gasteiger partial charge in [-0.25, -0.2) is 0 Å². The van der Waals surface area contributed by atoms with E-state index in [2.05, 4.69) is 11.9 Å². The van der Waals surface area contributed by atoms with Crippen molar-refractivity contribution in [2.75, 3.05) is 13.7 Å². The molecule has 1 aliphatic heterocycles. The molecule has 0 unspecified atom stereocenters. The molecule has 1 aliphatic rings. The second-order valence-corrected chi connectivity index (χ2v) is 7.61. The third kappa shape index (κ3) is 5.07. The quantitative estimate of drug-likeness (QED) is 0.277. The van der Waals surface area contributed by atoms with E-state index >= 15 is 0 Å². The number of hydrogen-bond donors (Lipinski definition) is 1. The number of rotatable bonds is 7. The van der Waals surface area contributed by atoms with Gasteiger partial charge in [0.1, 0.15) is 28.7 Å². The Morgan fingerprint density at radius 1 is 1.19 bits per heavy atom. The highest BCUT2D eigenvalue weighted by atomic mass is 35.5. The molecule has 1 fully saturated rings. The first kappa shape index (κ1) is 22.8.